The molecule has 1 spiro atoms. The Balaban J connectivity index is 1.49. The summed E-state index contributed by atoms with van der Waals surface area (Å²) in [6.45, 7) is 5.06. The van der Waals surface area contributed by atoms with Crippen molar-refractivity contribution in [1.29, 1.82) is 0 Å². The van der Waals surface area contributed by atoms with Crippen molar-refractivity contribution in [3.05, 3.63) is 29.8 Å². The number of nitrogens with zero attached hydrogens (tertiary/aromatic N) is 1. The van der Waals surface area contributed by atoms with E-state index in [-0.39, 0.29) is 16.2 Å². The Kier molecular flexibility index (Phi) is 5.46. The van der Waals surface area contributed by atoms with Crippen LogP contribution in [0.4, 0.5) is 0 Å². The SMILES string of the molecule is Cc1ccc(S(=O)(=O)NCCCN2C[C@@]3(CCOC3)CCC2=O)cc1. The minimum atomic E-state index is -3.49. The van der Waals surface area contributed by atoms with Gasteiger partial charge in [0.2, 0.25) is 15.9 Å². The molecular formula is C18H26N2O4S. The van der Waals surface area contributed by atoms with Crippen molar-refractivity contribution in [3.8, 4) is 0 Å². The Morgan fingerprint density at radius 3 is 2.68 bits per heavy atom. The average molecular weight is 366 g/mol. The lowest BCUT2D eigenvalue weighted by Crippen LogP contribution is -2.47. The first-order valence-corrected chi connectivity index (χ1v) is 10.3. The van der Waals surface area contributed by atoms with Crippen LogP contribution in [-0.4, -0.2) is 52.1 Å². The van der Waals surface area contributed by atoms with Gasteiger partial charge in [-0.3, -0.25) is 4.79 Å². The number of ether oxygens (including phenoxy) is 1. The van der Waals surface area contributed by atoms with Gasteiger partial charge < -0.3 is 9.64 Å². The van der Waals surface area contributed by atoms with Crippen LogP contribution in [-0.2, 0) is 19.6 Å². The molecule has 1 amide bonds. The highest BCUT2D eigenvalue weighted by Gasteiger charge is 2.41. The predicted octanol–water partition coefficient (Wildman–Crippen LogP) is 1.69. The van der Waals surface area contributed by atoms with Crippen LogP contribution in [0.15, 0.2) is 29.2 Å². The van der Waals surface area contributed by atoms with Gasteiger partial charge in [0.25, 0.3) is 0 Å². The van der Waals surface area contributed by atoms with Gasteiger partial charge in [-0.25, -0.2) is 13.1 Å². The highest BCUT2D eigenvalue weighted by atomic mass is 32.2. The van der Waals surface area contributed by atoms with Gasteiger partial charge in [0.1, 0.15) is 0 Å². The zero-order chi connectivity index (χ0) is 17.9. The molecule has 3 rings (SSSR count). The lowest BCUT2D eigenvalue weighted by molar-refractivity contribution is -0.137. The number of likely N-dealkylation sites (tertiary alicyclic amines) is 1. The normalized spacial score (nSPS) is 24.2. The first kappa shape index (κ1) is 18.4. The number of piperidine rings is 1. The van der Waals surface area contributed by atoms with E-state index in [0.717, 1.165) is 38.2 Å². The third kappa shape index (κ3) is 4.40. The zero-order valence-corrected chi connectivity index (χ0v) is 15.5. The number of aryl methyl sites for hydroxylation is 1. The molecule has 0 aromatic heterocycles. The molecule has 1 aromatic rings. The lowest BCUT2D eigenvalue weighted by Gasteiger charge is -2.39. The van der Waals surface area contributed by atoms with Crippen molar-refractivity contribution < 1.29 is 17.9 Å². The molecule has 1 aromatic carbocycles. The highest BCUT2D eigenvalue weighted by Crippen LogP contribution is 2.37. The van der Waals surface area contributed by atoms with Gasteiger partial charge in [-0.15, -0.1) is 0 Å². The maximum atomic E-state index is 12.3. The molecular weight excluding hydrogens is 340 g/mol. The molecule has 7 heteroatoms. The van der Waals surface area contributed by atoms with Gasteiger partial charge in [-0.05, 0) is 38.3 Å². The van der Waals surface area contributed by atoms with Crippen molar-refractivity contribution in [3.63, 3.8) is 0 Å². The summed E-state index contributed by atoms with van der Waals surface area (Å²) in [4.78, 5) is 14.3. The second kappa shape index (κ2) is 7.43. The van der Waals surface area contributed by atoms with E-state index in [1.807, 2.05) is 11.8 Å². The number of benzene rings is 1. The molecule has 6 nitrogen and oxygen atoms in total. The minimum absolute atomic E-state index is 0.120. The summed E-state index contributed by atoms with van der Waals surface area (Å²) in [5.41, 5.74) is 1.14. The van der Waals surface area contributed by atoms with Crippen LogP contribution in [0.5, 0.6) is 0 Å². The molecule has 0 bridgehead atoms. The number of hydrogen-bond donors (Lipinski definition) is 1. The van der Waals surface area contributed by atoms with Crippen molar-refractivity contribution in [2.24, 2.45) is 5.41 Å². The van der Waals surface area contributed by atoms with Gasteiger partial charge >= 0.3 is 0 Å². The molecule has 0 saturated carbocycles. The topological polar surface area (TPSA) is 75.7 Å². The first-order chi connectivity index (χ1) is 11.9. The maximum Gasteiger partial charge on any atom is 0.240 e. The first-order valence-electron chi connectivity index (χ1n) is 8.82. The Bertz CT molecular complexity index is 709. The van der Waals surface area contributed by atoms with Crippen molar-refractivity contribution in [1.82, 2.24) is 9.62 Å². The standard InChI is InChI=1S/C18H26N2O4S/c1-15-3-5-16(6-4-15)25(22,23)19-10-2-11-20-13-18(8-7-17(20)21)9-12-24-14-18/h3-6,19H,2,7-14H2,1H3/t18-/m0/s1. The zero-order valence-electron chi connectivity index (χ0n) is 14.7. The van der Waals surface area contributed by atoms with E-state index in [2.05, 4.69) is 4.72 Å². The summed E-state index contributed by atoms with van der Waals surface area (Å²) in [5, 5.41) is 0. The summed E-state index contributed by atoms with van der Waals surface area (Å²) in [5.74, 6) is 0.166. The van der Waals surface area contributed by atoms with Crippen LogP contribution in [0.1, 0.15) is 31.2 Å². The van der Waals surface area contributed by atoms with Crippen LogP contribution in [0, 0.1) is 12.3 Å². The van der Waals surface area contributed by atoms with Crippen LogP contribution >= 0.6 is 0 Å². The highest BCUT2D eigenvalue weighted by molar-refractivity contribution is 7.89. The van der Waals surface area contributed by atoms with Crippen LogP contribution < -0.4 is 4.72 Å². The van der Waals surface area contributed by atoms with Gasteiger partial charge in [0.15, 0.2) is 0 Å². The van der Waals surface area contributed by atoms with Gasteiger partial charge in [0, 0.05) is 38.1 Å². The Hall–Kier alpha value is -1.44. The van der Waals surface area contributed by atoms with Crippen molar-refractivity contribution >= 4 is 15.9 Å². The van der Waals surface area contributed by atoms with E-state index in [1.54, 1.807) is 24.3 Å². The summed E-state index contributed by atoms with van der Waals surface area (Å²) in [6.07, 6.45) is 3.09. The molecule has 2 aliphatic rings. The van der Waals surface area contributed by atoms with E-state index in [0.29, 0.717) is 25.9 Å². The van der Waals surface area contributed by atoms with Crippen LogP contribution in [0.2, 0.25) is 0 Å². The number of rotatable bonds is 6. The van der Waals surface area contributed by atoms with E-state index in [9.17, 15) is 13.2 Å². The van der Waals surface area contributed by atoms with Gasteiger partial charge in [-0.1, -0.05) is 17.7 Å². The molecule has 2 fully saturated rings. The second-order valence-corrected chi connectivity index (χ2v) is 8.95. The third-order valence-electron chi connectivity index (χ3n) is 5.16. The second-order valence-electron chi connectivity index (χ2n) is 7.18. The van der Waals surface area contributed by atoms with E-state index in [1.165, 1.54) is 0 Å². The molecule has 0 unspecified atom stereocenters. The fraction of sp³-hybridized carbons (Fsp3) is 0.611. The summed E-state index contributed by atoms with van der Waals surface area (Å²) in [7, 11) is -3.49. The van der Waals surface area contributed by atoms with E-state index in [4.69, 9.17) is 4.74 Å². The molecule has 2 aliphatic heterocycles. The molecule has 2 heterocycles. The van der Waals surface area contributed by atoms with Crippen molar-refractivity contribution in [2.45, 2.75) is 37.5 Å². The molecule has 0 radical (unpaired) electrons. The van der Waals surface area contributed by atoms with Gasteiger partial charge in [0.05, 0.1) is 11.5 Å². The van der Waals surface area contributed by atoms with Gasteiger partial charge in [-0.2, -0.15) is 0 Å². The fourth-order valence-electron chi connectivity index (χ4n) is 3.55. The number of hydrogen-bond acceptors (Lipinski definition) is 4. The van der Waals surface area contributed by atoms with E-state index < -0.39 is 10.0 Å². The largest absolute Gasteiger partial charge is 0.381 e. The Morgan fingerprint density at radius 1 is 1.24 bits per heavy atom. The lowest BCUT2D eigenvalue weighted by atomic mass is 9.79. The molecule has 1 atom stereocenters. The number of nitrogens with one attached hydrogen (secondary N) is 1. The summed E-state index contributed by atoms with van der Waals surface area (Å²) < 4.78 is 32.6. The monoisotopic (exact) mass is 366 g/mol. The third-order valence-corrected chi connectivity index (χ3v) is 6.64. The summed E-state index contributed by atoms with van der Waals surface area (Å²) >= 11 is 0. The number of carbonyl (C=O) groups excluding carboxylic acids is 1. The average Bonchev–Trinajstić information content (AvgIpc) is 3.03. The number of amides is 1. The predicted molar refractivity (Wildman–Crippen MR) is 94.7 cm³/mol. The van der Waals surface area contributed by atoms with E-state index >= 15 is 0 Å². The molecule has 1 N–H and O–H groups in total. The van der Waals surface area contributed by atoms with Crippen molar-refractivity contribution in [2.75, 3.05) is 32.8 Å². The Morgan fingerprint density at radius 2 is 2.00 bits per heavy atom. The quantitative estimate of drug-likeness (QED) is 0.778. The summed E-state index contributed by atoms with van der Waals surface area (Å²) in [6, 6.07) is 6.78. The number of sulfonamides is 1. The Labute approximate surface area is 149 Å². The molecule has 2 saturated heterocycles. The van der Waals surface area contributed by atoms with Crippen LogP contribution in [0.3, 0.4) is 0 Å². The maximum absolute atomic E-state index is 12.3. The number of carbonyl (C=O) groups is 1. The molecule has 25 heavy (non-hydrogen) atoms. The minimum Gasteiger partial charge on any atom is -0.381 e. The molecule has 0 aliphatic carbocycles. The van der Waals surface area contributed by atoms with Crippen LogP contribution in [0.25, 0.3) is 0 Å². The fourth-order valence-corrected chi connectivity index (χ4v) is 4.63. The molecule has 138 valence electrons. The smallest absolute Gasteiger partial charge is 0.240 e.